The lowest BCUT2D eigenvalue weighted by Gasteiger charge is -2.14. The molecule has 1 fully saturated rings. The average molecular weight is 340 g/mol. The zero-order valence-electron chi connectivity index (χ0n) is 11.9. The fourth-order valence-electron chi connectivity index (χ4n) is 2.60. The largest absolute Gasteiger partial charge is 0.497 e. The molecule has 1 aliphatic rings. The number of methoxy groups -OCH3 is 1. The maximum atomic E-state index is 11.9. The van der Waals surface area contributed by atoms with Crippen LogP contribution in [0.5, 0.6) is 5.75 Å². The van der Waals surface area contributed by atoms with Gasteiger partial charge in [-0.05, 0) is 42.9 Å². The SMILES string of the molecule is COc1ccc(CCC(=O)NCC2CCCC2Br)cc1. The van der Waals surface area contributed by atoms with E-state index in [0.717, 1.165) is 18.7 Å². The van der Waals surface area contributed by atoms with Gasteiger partial charge in [0.25, 0.3) is 0 Å². The third-order valence-corrected chi connectivity index (χ3v) is 5.13. The average Bonchev–Trinajstić information content (AvgIpc) is 2.89. The monoisotopic (exact) mass is 339 g/mol. The van der Waals surface area contributed by atoms with Gasteiger partial charge in [0, 0.05) is 17.8 Å². The van der Waals surface area contributed by atoms with Crippen LogP contribution in [0.2, 0.25) is 0 Å². The molecule has 4 heteroatoms. The van der Waals surface area contributed by atoms with Crippen molar-refractivity contribution in [2.75, 3.05) is 13.7 Å². The van der Waals surface area contributed by atoms with Gasteiger partial charge in [-0.1, -0.05) is 34.5 Å². The number of carbonyl (C=O) groups is 1. The Morgan fingerprint density at radius 3 is 2.70 bits per heavy atom. The summed E-state index contributed by atoms with van der Waals surface area (Å²) in [5, 5.41) is 3.05. The summed E-state index contributed by atoms with van der Waals surface area (Å²) in [7, 11) is 1.66. The summed E-state index contributed by atoms with van der Waals surface area (Å²) in [6.07, 6.45) is 5.04. The number of benzene rings is 1. The summed E-state index contributed by atoms with van der Waals surface area (Å²) in [6.45, 7) is 0.803. The van der Waals surface area contributed by atoms with Gasteiger partial charge in [-0.2, -0.15) is 0 Å². The van der Waals surface area contributed by atoms with Crippen molar-refractivity contribution in [1.29, 1.82) is 0 Å². The Labute approximate surface area is 129 Å². The smallest absolute Gasteiger partial charge is 0.220 e. The molecule has 0 aliphatic heterocycles. The van der Waals surface area contributed by atoms with E-state index in [0.29, 0.717) is 17.2 Å². The summed E-state index contributed by atoms with van der Waals surface area (Å²) < 4.78 is 5.12. The van der Waals surface area contributed by atoms with E-state index in [1.807, 2.05) is 24.3 Å². The van der Waals surface area contributed by atoms with Crippen molar-refractivity contribution in [3.63, 3.8) is 0 Å². The third kappa shape index (κ3) is 4.51. The molecule has 1 aromatic rings. The summed E-state index contributed by atoms with van der Waals surface area (Å²) in [4.78, 5) is 12.4. The molecule has 3 nitrogen and oxygen atoms in total. The standard InChI is InChI=1S/C16H22BrNO2/c1-20-14-8-5-12(6-9-14)7-10-16(19)18-11-13-3-2-4-15(13)17/h5-6,8-9,13,15H,2-4,7,10-11H2,1H3,(H,18,19). The van der Waals surface area contributed by atoms with E-state index in [4.69, 9.17) is 4.74 Å². The van der Waals surface area contributed by atoms with Crippen LogP contribution >= 0.6 is 15.9 Å². The first kappa shape index (κ1) is 15.4. The van der Waals surface area contributed by atoms with Gasteiger partial charge in [-0.3, -0.25) is 4.79 Å². The van der Waals surface area contributed by atoms with Gasteiger partial charge >= 0.3 is 0 Å². The maximum absolute atomic E-state index is 11.9. The van der Waals surface area contributed by atoms with E-state index in [1.165, 1.54) is 24.8 Å². The van der Waals surface area contributed by atoms with Crippen LogP contribution in [-0.2, 0) is 11.2 Å². The molecular weight excluding hydrogens is 318 g/mol. The highest BCUT2D eigenvalue weighted by Crippen LogP contribution is 2.30. The Balaban J connectivity index is 1.69. The highest BCUT2D eigenvalue weighted by Gasteiger charge is 2.24. The molecule has 20 heavy (non-hydrogen) atoms. The predicted octanol–water partition coefficient (Wildman–Crippen LogP) is 3.31. The first-order valence-electron chi connectivity index (χ1n) is 7.22. The molecule has 0 heterocycles. The minimum atomic E-state index is 0.146. The maximum Gasteiger partial charge on any atom is 0.220 e. The van der Waals surface area contributed by atoms with Crippen molar-refractivity contribution in [3.05, 3.63) is 29.8 Å². The van der Waals surface area contributed by atoms with E-state index in [2.05, 4.69) is 21.2 Å². The molecular formula is C16H22BrNO2. The quantitative estimate of drug-likeness (QED) is 0.807. The second-order valence-corrected chi connectivity index (χ2v) is 6.54. The molecule has 0 spiro atoms. The first-order chi connectivity index (χ1) is 9.69. The fraction of sp³-hybridized carbons (Fsp3) is 0.562. The van der Waals surface area contributed by atoms with E-state index in [9.17, 15) is 4.79 Å². The van der Waals surface area contributed by atoms with Crippen LogP contribution in [0.4, 0.5) is 0 Å². The van der Waals surface area contributed by atoms with Gasteiger partial charge in [0.2, 0.25) is 5.91 Å². The van der Waals surface area contributed by atoms with Crippen molar-refractivity contribution in [2.45, 2.75) is 36.9 Å². The second-order valence-electron chi connectivity index (χ2n) is 5.36. The van der Waals surface area contributed by atoms with Crippen LogP contribution in [-0.4, -0.2) is 24.4 Å². The zero-order valence-corrected chi connectivity index (χ0v) is 13.5. The van der Waals surface area contributed by atoms with E-state index >= 15 is 0 Å². The van der Waals surface area contributed by atoms with Gasteiger partial charge in [0.05, 0.1) is 7.11 Å². The summed E-state index contributed by atoms with van der Waals surface area (Å²) in [6, 6.07) is 7.89. The minimum absolute atomic E-state index is 0.146. The molecule has 2 rings (SSSR count). The molecule has 1 aliphatic carbocycles. The number of hydrogen-bond acceptors (Lipinski definition) is 2. The Bertz CT molecular complexity index is 433. The molecule has 1 aromatic carbocycles. The van der Waals surface area contributed by atoms with E-state index < -0.39 is 0 Å². The lowest BCUT2D eigenvalue weighted by atomic mass is 10.1. The molecule has 0 saturated heterocycles. The number of ether oxygens (including phenoxy) is 1. The van der Waals surface area contributed by atoms with Gasteiger partial charge in [0.1, 0.15) is 5.75 Å². The lowest BCUT2D eigenvalue weighted by Crippen LogP contribution is -2.31. The molecule has 110 valence electrons. The number of hydrogen-bond donors (Lipinski definition) is 1. The van der Waals surface area contributed by atoms with Crippen LogP contribution in [0.25, 0.3) is 0 Å². The fourth-order valence-corrected chi connectivity index (χ4v) is 3.38. The molecule has 0 radical (unpaired) electrons. The van der Waals surface area contributed by atoms with Gasteiger partial charge < -0.3 is 10.1 Å². The Kier molecular flexibility index (Phi) is 5.89. The zero-order chi connectivity index (χ0) is 14.4. The molecule has 2 unspecified atom stereocenters. The van der Waals surface area contributed by atoms with Crippen molar-refractivity contribution < 1.29 is 9.53 Å². The van der Waals surface area contributed by atoms with Gasteiger partial charge in [-0.25, -0.2) is 0 Å². The molecule has 1 amide bonds. The molecule has 2 atom stereocenters. The van der Waals surface area contributed by atoms with E-state index in [-0.39, 0.29) is 5.91 Å². The number of alkyl halides is 1. The number of amides is 1. The topological polar surface area (TPSA) is 38.3 Å². The van der Waals surface area contributed by atoms with E-state index in [1.54, 1.807) is 7.11 Å². The first-order valence-corrected chi connectivity index (χ1v) is 8.14. The number of nitrogens with one attached hydrogen (secondary N) is 1. The number of aryl methyl sites for hydroxylation is 1. The summed E-state index contributed by atoms with van der Waals surface area (Å²) in [5.41, 5.74) is 1.17. The Hall–Kier alpha value is -1.03. The van der Waals surface area contributed by atoms with Crippen LogP contribution in [0.1, 0.15) is 31.2 Å². The molecule has 1 saturated carbocycles. The lowest BCUT2D eigenvalue weighted by molar-refractivity contribution is -0.121. The highest BCUT2D eigenvalue weighted by atomic mass is 79.9. The predicted molar refractivity (Wildman–Crippen MR) is 84.4 cm³/mol. The van der Waals surface area contributed by atoms with Gasteiger partial charge in [0.15, 0.2) is 0 Å². The van der Waals surface area contributed by atoms with Crippen molar-refractivity contribution in [1.82, 2.24) is 5.32 Å². The number of rotatable bonds is 6. The van der Waals surface area contributed by atoms with Crippen molar-refractivity contribution >= 4 is 21.8 Å². The Morgan fingerprint density at radius 2 is 2.10 bits per heavy atom. The normalized spacial score (nSPS) is 21.7. The summed E-state index contributed by atoms with van der Waals surface area (Å²) in [5.74, 6) is 1.59. The third-order valence-electron chi connectivity index (χ3n) is 3.93. The minimum Gasteiger partial charge on any atom is -0.497 e. The Morgan fingerprint density at radius 1 is 1.35 bits per heavy atom. The van der Waals surface area contributed by atoms with Crippen LogP contribution in [0.3, 0.4) is 0 Å². The van der Waals surface area contributed by atoms with Gasteiger partial charge in [-0.15, -0.1) is 0 Å². The van der Waals surface area contributed by atoms with Crippen LogP contribution < -0.4 is 10.1 Å². The molecule has 0 bridgehead atoms. The van der Waals surface area contributed by atoms with Crippen LogP contribution in [0.15, 0.2) is 24.3 Å². The molecule has 0 aromatic heterocycles. The van der Waals surface area contributed by atoms with Crippen molar-refractivity contribution in [3.8, 4) is 5.75 Å². The summed E-state index contributed by atoms with van der Waals surface area (Å²) >= 11 is 3.68. The number of carbonyl (C=O) groups excluding carboxylic acids is 1. The second kappa shape index (κ2) is 7.67. The number of halogens is 1. The molecule has 1 N–H and O–H groups in total. The van der Waals surface area contributed by atoms with Crippen LogP contribution in [0, 0.1) is 5.92 Å². The highest BCUT2D eigenvalue weighted by molar-refractivity contribution is 9.09. The van der Waals surface area contributed by atoms with Crippen molar-refractivity contribution in [2.24, 2.45) is 5.92 Å².